The van der Waals surface area contributed by atoms with Crippen LogP contribution in [-0.2, 0) is 6.54 Å². The van der Waals surface area contributed by atoms with E-state index in [0.29, 0.717) is 0 Å². The molecule has 0 unspecified atom stereocenters. The molecule has 0 amide bonds. The summed E-state index contributed by atoms with van der Waals surface area (Å²) in [5, 5.41) is 3.51. The van der Waals surface area contributed by atoms with E-state index >= 15 is 0 Å². The Kier molecular flexibility index (Phi) is 11.1. The van der Waals surface area contributed by atoms with Crippen molar-refractivity contribution in [1.29, 1.82) is 0 Å². The smallest absolute Gasteiger partial charge is 0.0372 e. The molecular formula is C19H34N2. The first-order valence-electron chi connectivity index (χ1n) is 8.95. The predicted molar refractivity (Wildman–Crippen MR) is 92.5 cm³/mol. The van der Waals surface area contributed by atoms with Gasteiger partial charge in [0.05, 0.1) is 0 Å². The highest BCUT2D eigenvalue weighted by Gasteiger charge is 1.95. The van der Waals surface area contributed by atoms with E-state index in [-0.39, 0.29) is 0 Å². The van der Waals surface area contributed by atoms with E-state index in [9.17, 15) is 0 Å². The van der Waals surface area contributed by atoms with Crippen LogP contribution in [0.4, 0.5) is 0 Å². The molecule has 0 saturated heterocycles. The number of nitrogens with one attached hydrogen (secondary N) is 1. The number of hydrogen-bond donors (Lipinski definition) is 1. The lowest BCUT2D eigenvalue weighted by Gasteiger charge is -2.05. The third-order valence-electron chi connectivity index (χ3n) is 4.01. The Balaban J connectivity index is 1.81. The lowest BCUT2D eigenvalue weighted by Crippen LogP contribution is -2.14. The van der Waals surface area contributed by atoms with Gasteiger partial charge in [0.25, 0.3) is 0 Å². The molecule has 0 atom stereocenters. The molecule has 0 saturated carbocycles. The number of nitrogens with zero attached hydrogens (tertiary/aromatic N) is 1. The van der Waals surface area contributed by atoms with Crippen LogP contribution in [0.3, 0.4) is 0 Å². The Morgan fingerprint density at radius 2 is 1.48 bits per heavy atom. The van der Waals surface area contributed by atoms with Gasteiger partial charge in [-0.05, 0) is 31.5 Å². The fourth-order valence-corrected chi connectivity index (χ4v) is 2.57. The van der Waals surface area contributed by atoms with Crippen LogP contribution >= 0.6 is 0 Å². The molecule has 1 N–H and O–H groups in total. The van der Waals surface area contributed by atoms with Gasteiger partial charge in [-0.1, -0.05) is 70.8 Å². The Morgan fingerprint density at radius 1 is 0.857 bits per heavy atom. The highest BCUT2D eigenvalue weighted by molar-refractivity contribution is 5.12. The average Bonchev–Trinajstić information content (AvgIpc) is 2.50. The number of unbranched alkanes of at least 4 members (excludes halogenated alkanes) is 9. The highest BCUT2D eigenvalue weighted by Crippen LogP contribution is 2.10. The molecule has 0 aromatic carbocycles. The van der Waals surface area contributed by atoms with Crippen LogP contribution in [0.2, 0.25) is 0 Å². The average molecular weight is 290 g/mol. The van der Waals surface area contributed by atoms with Gasteiger partial charge in [0, 0.05) is 18.4 Å². The number of aromatic nitrogens is 1. The van der Waals surface area contributed by atoms with Crippen LogP contribution in [0.5, 0.6) is 0 Å². The monoisotopic (exact) mass is 290 g/mol. The summed E-state index contributed by atoms with van der Waals surface area (Å²) < 4.78 is 0. The summed E-state index contributed by atoms with van der Waals surface area (Å²) in [5.74, 6) is 0. The molecule has 0 aliphatic heterocycles. The summed E-state index contributed by atoms with van der Waals surface area (Å²) in [6, 6.07) is 4.24. The molecule has 1 aromatic rings. The molecular weight excluding hydrogens is 256 g/mol. The van der Waals surface area contributed by atoms with Crippen molar-refractivity contribution in [3.63, 3.8) is 0 Å². The molecule has 0 spiro atoms. The van der Waals surface area contributed by atoms with Crippen LogP contribution in [-0.4, -0.2) is 11.5 Å². The summed E-state index contributed by atoms with van der Waals surface area (Å²) in [6.45, 7) is 6.39. The SMILES string of the molecule is CCCCCCCCCCCCNCc1ccc(C)nc1. The number of rotatable bonds is 13. The van der Waals surface area contributed by atoms with E-state index in [1.54, 1.807) is 0 Å². The van der Waals surface area contributed by atoms with Crippen LogP contribution in [0.15, 0.2) is 18.3 Å². The zero-order chi connectivity index (χ0) is 15.2. The molecule has 120 valence electrons. The van der Waals surface area contributed by atoms with Gasteiger partial charge in [0.15, 0.2) is 0 Å². The standard InChI is InChI=1S/C19H34N2/c1-3-4-5-6-7-8-9-10-11-12-15-20-16-19-14-13-18(2)21-17-19/h13-14,17,20H,3-12,15-16H2,1-2H3. The Hall–Kier alpha value is -0.890. The molecule has 0 aliphatic carbocycles. The maximum absolute atomic E-state index is 4.31. The van der Waals surface area contributed by atoms with E-state index in [1.807, 2.05) is 13.1 Å². The molecule has 2 heteroatoms. The van der Waals surface area contributed by atoms with Crippen molar-refractivity contribution >= 4 is 0 Å². The van der Waals surface area contributed by atoms with Crippen molar-refractivity contribution in [3.05, 3.63) is 29.6 Å². The van der Waals surface area contributed by atoms with Crippen molar-refractivity contribution in [2.45, 2.75) is 84.6 Å². The molecule has 1 rings (SSSR count). The summed E-state index contributed by atoms with van der Waals surface area (Å²) >= 11 is 0. The van der Waals surface area contributed by atoms with E-state index in [2.05, 4.69) is 29.4 Å². The first-order valence-corrected chi connectivity index (χ1v) is 8.95. The molecule has 0 radical (unpaired) electrons. The number of pyridine rings is 1. The zero-order valence-corrected chi connectivity index (χ0v) is 14.2. The van der Waals surface area contributed by atoms with Gasteiger partial charge < -0.3 is 5.32 Å². The summed E-state index contributed by atoms with van der Waals surface area (Å²) in [4.78, 5) is 4.31. The third-order valence-corrected chi connectivity index (χ3v) is 4.01. The molecule has 1 aromatic heterocycles. The van der Waals surface area contributed by atoms with Gasteiger partial charge in [-0.15, -0.1) is 0 Å². The molecule has 1 heterocycles. The second-order valence-electron chi connectivity index (χ2n) is 6.17. The maximum atomic E-state index is 4.31. The van der Waals surface area contributed by atoms with Gasteiger partial charge in [0.1, 0.15) is 0 Å². The minimum Gasteiger partial charge on any atom is -0.313 e. The minimum atomic E-state index is 0.949. The predicted octanol–water partition coefficient (Wildman–Crippen LogP) is 5.40. The van der Waals surface area contributed by atoms with Crippen molar-refractivity contribution < 1.29 is 0 Å². The van der Waals surface area contributed by atoms with E-state index < -0.39 is 0 Å². The Bertz CT molecular complexity index is 332. The van der Waals surface area contributed by atoms with Crippen LogP contribution in [0, 0.1) is 6.92 Å². The molecule has 0 aliphatic rings. The van der Waals surface area contributed by atoms with Crippen LogP contribution < -0.4 is 5.32 Å². The van der Waals surface area contributed by atoms with Gasteiger partial charge in [-0.2, -0.15) is 0 Å². The Labute approximate surface area is 131 Å². The molecule has 2 nitrogen and oxygen atoms in total. The van der Waals surface area contributed by atoms with Crippen molar-refractivity contribution in [2.24, 2.45) is 0 Å². The largest absolute Gasteiger partial charge is 0.313 e. The van der Waals surface area contributed by atoms with Crippen molar-refractivity contribution in [2.75, 3.05) is 6.54 Å². The van der Waals surface area contributed by atoms with Crippen molar-refractivity contribution in [3.8, 4) is 0 Å². The summed E-state index contributed by atoms with van der Waals surface area (Å²) in [5.41, 5.74) is 2.38. The summed E-state index contributed by atoms with van der Waals surface area (Å²) in [7, 11) is 0. The topological polar surface area (TPSA) is 24.9 Å². The minimum absolute atomic E-state index is 0.949. The van der Waals surface area contributed by atoms with E-state index in [0.717, 1.165) is 18.8 Å². The molecule has 0 bridgehead atoms. The number of hydrogen-bond acceptors (Lipinski definition) is 2. The Morgan fingerprint density at radius 3 is 2.05 bits per heavy atom. The molecule has 21 heavy (non-hydrogen) atoms. The van der Waals surface area contributed by atoms with E-state index in [4.69, 9.17) is 0 Å². The van der Waals surface area contributed by atoms with Gasteiger partial charge in [-0.3, -0.25) is 4.98 Å². The first-order chi connectivity index (χ1) is 10.3. The fraction of sp³-hybridized carbons (Fsp3) is 0.737. The maximum Gasteiger partial charge on any atom is 0.0372 e. The summed E-state index contributed by atoms with van der Waals surface area (Å²) in [6.07, 6.45) is 16.0. The van der Waals surface area contributed by atoms with Crippen molar-refractivity contribution in [1.82, 2.24) is 10.3 Å². The molecule has 0 fully saturated rings. The van der Waals surface area contributed by atoms with Gasteiger partial charge in [-0.25, -0.2) is 0 Å². The van der Waals surface area contributed by atoms with Gasteiger partial charge in [0.2, 0.25) is 0 Å². The second kappa shape index (κ2) is 12.8. The van der Waals surface area contributed by atoms with Gasteiger partial charge >= 0.3 is 0 Å². The zero-order valence-electron chi connectivity index (χ0n) is 14.2. The normalized spacial score (nSPS) is 11.0. The third kappa shape index (κ3) is 10.5. The first kappa shape index (κ1) is 18.2. The van der Waals surface area contributed by atoms with Crippen LogP contribution in [0.1, 0.15) is 82.4 Å². The van der Waals surface area contributed by atoms with E-state index in [1.165, 1.54) is 69.8 Å². The second-order valence-corrected chi connectivity index (χ2v) is 6.17. The quantitative estimate of drug-likeness (QED) is 0.492. The number of aryl methyl sites for hydroxylation is 1. The fourth-order valence-electron chi connectivity index (χ4n) is 2.57. The lowest BCUT2D eigenvalue weighted by molar-refractivity contribution is 0.543. The van der Waals surface area contributed by atoms with Crippen LogP contribution in [0.25, 0.3) is 0 Å². The lowest BCUT2D eigenvalue weighted by atomic mass is 10.1. The highest BCUT2D eigenvalue weighted by atomic mass is 14.8.